The van der Waals surface area contributed by atoms with Gasteiger partial charge in [0, 0.05) is 10.6 Å². The minimum atomic E-state index is -1.21. The van der Waals surface area contributed by atoms with E-state index in [4.69, 9.17) is 4.74 Å². The summed E-state index contributed by atoms with van der Waals surface area (Å²) >= 11 is 1.33. The zero-order chi connectivity index (χ0) is 19.1. The molecule has 1 amide bonds. The Kier molecular flexibility index (Phi) is 7.08. The summed E-state index contributed by atoms with van der Waals surface area (Å²) in [7, 11) is 0. The van der Waals surface area contributed by atoms with Gasteiger partial charge in [-0.25, -0.2) is 13.2 Å². The number of para-hydroxylation sites is 1. The summed E-state index contributed by atoms with van der Waals surface area (Å²) < 4.78 is 44.7. The number of nitrogens with one attached hydrogen (secondary N) is 1. The number of ether oxygens (including phenoxy) is 1. The van der Waals surface area contributed by atoms with Crippen molar-refractivity contribution in [1.82, 2.24) is 0 Å². The molecule has 4 nitrogen and oxygen atoms in total. The molecule has 0 bridgehead atoms. The van der Waals surface area contributed by atoms with Crippen LogP contribution in [0.3, 0.4) is 0 Å². The second-order valence-electron chi connectivity index (χ2n) is 5.27. The van der Waals surface area contributed by atoms with Gasteiger partial charge in [0.05, 0.1) is 6.42 Å². The summed E-state index contributed by atoms with van der Waals surface area (Å²) in [4.78, 5) is 24.5. The molecule has 0 unspecified atom stereocenters. The standard InChI is InChI=1S/C18H16F3NO3S/c1-11(18(24)22-17-14(20)3-2-4-15(17)21)25-16(23)9-10-26-13-7-5-12(19)6-8-13/h2-8,11H,9-10H2,1H3,(H,22,24)/t11-/m1/s1. The van der Waals surface area contributed by atoms with Crippen molar-refractivity contribution in [1.29, 1.82) is 0 Å². The molecular weight excluding hydrogens is 367 g/mol. The maximum absolute atomic E-state index is 13.5. The molecule has 138 valence electrons. The monoisotopic (exact) mass is 383 g/mol. The van der Waals surface area contributed by atoms with Gasteiger partial charge >= 0.3 is 5.97 Å². The molecule has 0 saturated heterocycles. The van der Waals surface area contributed by atoms with E-state index in [1.165, 1.54) is 36.9 Å². The first kappa shape index (κ1) is 19.8. The predicted octanol–water partition coefficient (Wildman–Crippen LogP) is 4.16. The Bertz CT molecular complexity index is 764. The molecule has 0 radical (unpaired) electrons. The minimum absolute atomic E-state index is 0.0215. The molecule has 2 aromatic rings. The van der Waals surface area contributed by atoms with Gasteiger partial charge in [0.1, 0.15) is 23.1 Å². The van der Waals surface area contributed by atoms with Crippen molar-refractivity contribution in [3.63, 3.8) is 0 Å². The molecule has 26 heavy (non-hydrogen) atoms. The molecule has 2 rings (SSSR count). The van der Waals surface area contributed by atoms with Crippen molar-refractivity contribution in [3.05, 3.63) is 59.9 Å². The van der Waals surface area contributed by atoms with E-state index < -0.39 is 35.3 Å². The van der Waals surface area contributed by atoms with Crippen LogP contribution in [0.25, 0.3) is 0 Å². The summed E-state index contributed by atoms with van der Waals surface area (Å²) in [6, 6.07) is 8.98. The van der Waals surface area contributed by atoms with Gasteiger partial charge < -0.3 is 10.1 Å². The zero-order valence-corrected chi connectivity index (χ0v) is 14.6. The first-order valence-electron chi connectivity index (χ1n) is 7.69. The average Bonchev–Trinajstić information content (AvgIpc) is 2.59. The number of halogens is 3. The van der Waals surface area contributed by atoms with Crippen LogP contribution in [-0.4, -0.2) is 23.7 Å². The van der Waals surface area contributed by atoms with E-state index in [9.17, 15) is 22.8 Å². The lowest BCUT2D eigenvalue weighted by Gasteiger charge is -2.14. The van der Waals surface area contributed by atoms with E-state index in [0.717, 1.165) is 17.0 Å². The summed E-state index contributed by atoms with van der Waals surface area (Å²) in [5.74, 6) is -3.29. The van der Waals surface area contributed by atoms with E-state index in [-0.39, 0.29) is 12.2 Å². The van der Waals surface area contributed by atoms with Gasteiger partial charge in [-0.1, -0.05) is 6.07 Å². The molecule has 0 aliphatic carbocycles. The predicted molar refractivity (Wildman–Crippen MR) is 92.3 cm³/mol. The number of thioether (sulfide) groups is 1. The maximum atomic E-state index is 13.5. The van der Waals surface area contributed by atoms with Gasteiger partial charge in [0.25, 0.3) is 5.91 Å². The Balaban J connectivity index is 1.78. The molecule has 0 saturated carbocycles. The topological polar surface area (TPSA) is 55.4 Å². The molecular formula is C18H16F3NO3S. The van der Waals surface area contributed by atoms with Crippen molar-refractivity contribution < 1.29 is 27.5 Å². The fraction of sp³-hybridized carbons (Fsp3) is 0.222. The molecule has 0 aliphatic rings. The Hall–Kier alpha value is -2.48. The fourth-order valence-electron chi connectivity index (χ4n) is 1.93. The third kappa shape index (κ3) is 5.80. The largest absolute Gasteiger partial charge is 0.453 e. The highest BCUT2D eigenvalue weighted by Crippen LogP contribution is 2.20. The average molecular weight is 383 g/mol. The molecule has 1 atom stereocenters. The number of rotatable bonds is 7. The smallest absolute Gasteiger partial charge is 0.307 e. The maximum Gasteiger partial charge on any atom is 0.307 e. The SMILES string of the molecule is C[C@@H](OC(=O)CCSc1ccc(F)cc1)C(=O)Nc1c(F)cccc1F. The number of benzene rings is 2. The molecule has 2 aromatic carbocycles. The zero-order valence-electron chi connectivity index (χ0n) is 13.8. The highest BCUT2D eigenvalue weighted by molar-refractivity contribution is 7.99. The number of esters is 1. The van der Waals surface area contributed by atoms with Gasteiger partial charge in [-0.15, -0.1) is 11.8 Å². The summed E-state index contributed by atoms with van der Waals surface area (Å²) in [6.07, 6.45) is -1.19. The van der Waals surface area contributed by atoms with Crippen LogP contribution in [0.4, 0.5) is 18.9 Å². The Morgan fingerprint density at radius 3 is 2.31 bits per heavy atom. The number of hydrogen-bond acceptors (Lipinski definition) is 4. The van der Waals surface area contributed by atoms with Gasteiger partial charge in [-0.3, -0.25) is 9.59 Å². The van der Waals surface area contributed by atoms with Gasteiger partial charge in [0.15, 0.2) is 6.10 Å². The molecule has 0 fully saturated rings. The van der Waals surface area contributed by atoms with E-state index in [1.54, 1.807) is 12.1 Å². The second kappa shape index (κ2) is 9.28. The first-order valence-corrected chi connectivity index (χ1v) is 8.68. The number of hydrogen-bond donors (Lipinski definition) is 1. The summed E-state index contributed by atoms with van der Waals surface area (Å²) in [5, 5.41) is 2.06. The minimum Gasteiger partial charge on any atom is -0.453 e. The summed E-state index contributed by atoms with van der Waals surface area (Å²) in [5.41, 5.74) is -0.590. The van der Waals surface area contributed by atoms with Crippen molar-refractivity contribution in [2.75, 3.05) is 11.1 Å². The quantitative estimate of drug-likeness (QED) is 0.576. The highest BCUT2D eigenvalue weighted by Gasteiger charge is 2.20. The number of carbonyl (C=O) groups excluding carboxylic acids is 2. The van der Waals surface area contributed by atoms with Gasteiger partial charge in [-0.05, 0) is 43.3 Å². The third-order valence-electron chi connectivity index (χ3n) is 3.28. The van der Waals surface area contributed by atoms with Crippen LogP contribution >= 0.6 is 11.8 Å². The van der Waals surface area contributed by atoms with E-state index in [1.807, 2.05) is 0 Å². The van der Waals surface area contributed by atoms with Crippen LogP contribution in [0, 0.1) is 17.5 Å². The molecule has 0 aromatic heterocycles. The third-order valence-corrected chi connectivity index (χ3v) is 4.29. The highest BCUT2D eigenvalue weighted by atomic mass is 32.2. The molecule has 0 spiro atoms. The summed E-state index contributed by atoms with van der Waals surface area (Å²) in [6.45, 7) is 1.30. The number of carbonyl (C=O) groups is 2. The van der Waals surface area contributed by atoms with Crippen LogP contribution in [0.5, 0.6) is 0 Å². The lowest BCUT2D eigenvalue weighted by atomic mass is 10.2. The van der Waals surface area contributed by atoms with Crippen LogP contribution in [-0.2, 0) is 14.3 Å². The lowest BCUT2D eigenvalue weighted by molar-refractivity contribution is -0.152. The van der Waals surface area contributed by atoms with Crippen LogP contribution in [0.1, 0.15) is 13.3 Å². The van der Waals surface area contributed by atoms with Crippen molar-refractivity contribution in [2.24, 2.45) is 0 Å². The van der Waals surface area contributed by atoms with Crippen molar-refractivity contribution in [2.45, 2.75) is 24.3 Å². The van der Waals surface area contributed by atoms with E-state index in [2.05, 4.69) is 5.32 Å². The molecule has 0 aliphatic heterocycles. The molecule has 8 heteroatoms. The van der Waals surface area contributed by atoms with Crippen molar-refractivity contribution >= 4 is 29.3 Å². The van der Waals surface area contributed by atoms with Crippen LogP contribution < -0.4 is 5.32 Å². The number of amides is 1. The number of anilines is 1. The molecule has 0 heterocycles. The van der Waals surface area contributed by atoms with Gasteiger partial charge in [0.2, 0.25) is 0 Å². The lowest BCUT2D eigenvalue weighted by Crippen LogP contribution is -2.30. The van der Waals surface area contributed by atoms with Gasteiger partial charge in [-0.2, -0.15) is 0 Å². The fourth-order valence-corrected chi connectivity index (χ4v) is 2.77. The molecule has 1 N–H and O–H groups in total. The van der Waals surface area contributed by atoms with Crippen LogP contribution in [0.15, 0.2) is 47.4 Å². The van der Waals surface area contributed by atoms with E-state index >= 15 is 0 Å². The Morgan fingerprint density at radius 2 is 1.69 bits per heavy atom. The van der Waals surface area contributed by atoms with E-state index in [0.29, 0.717) is 5.75 Å². The Labute approximate surface area is 152 Å². The second-order valence-corrected chi connectivity index (χ2v) is 6.44. The first-order chi connectivity index (χ1) is 12.4. The van der Waals surface area contributed by atoms with Crippen molar-refractivity contribution in [3.8, 4) is 0 Å². The Morgan fingerprint density at radius 1 is 1.08 bits per heavy atom. The van der Waals surface area contributed by atoms with Crippen LogP contribution in [0.2, 0.25) is 0 Å². The normalized spacial score (nSPS) is 11.7.